The van der Waals surface area contributed by atoms with E-state index in [0.29, 0.717) is 33.8 Å². The number of pyridine rings is 1. The number of likely N-dealkylation sites (tertiary alicyclic amines) is 1. The third kappa shape index (κ3) is 4.14. The van der Waals surface area contributed by atoms with Crippen LogP contribution in [0, 0.1) is 0 Å². The summed E-state index contributed by atoms with van der Waals surface area (Å²) in [4.78, 5) is 31.0. The number of halogens is 3. The molecule has 0 radical (unpaired) electrons. The molecule has 1 aliphatic rings. The van der Waals surface area contributed by atoms with E-state index in [1.54, 1.807) is 29.2 Å². The first-order valence-electron chi connectivity index (χ1n) is 7.67. The molecule has 1 aromatic carbocycles. The van der Waals surface area contributed by atoms with Gasteiger partial charge in [-0.3, -0.25) is 9.59 Å². The van der Waals surface area contributed by atoms with Crippen molar-refractivity contribution in [3.05, 3.63) is 56.2 Å². The Labute approximate surface area is 163 Å². The van der Waals surface area contributed by atoms with Crippen LogP contribution in [-0.4, -0.2) is 34.8 Å². The van der Waals surface area contributed by atoms with E-state index >= 15 is 0 Å². The molecule has 130 valence electrons. The van der Waals surface area contributed by atoms with Crippen molar-refractivity contribution in [3.8, 4) is 0 Å². The molecule has 0 unspecified atom stereocenters. The maximum atomic E-state index is 12.7. The number of aromatic nitrogens is 1. The van der Waals surface area contributed by atoms with E-state index in [2.05, 4.69) is 26.2 Å². The third-order valence-corrected chi connectivity index (χ3v) is 4.87. The maximum absolute atomic E-state index is 12.7. The van der Waals surface area contributed by atoms with Crippen molar-refractivity contribution < 1.29 is 9.59 Å². The second kappa shape index (κ2) is 7.72. The highest BCUT2D eigenvalue weighted by molar-refractivity contribution is 9.10. The Morgan fingerprint density at radius 2 is 1.84 bits per heavy atom. The van der Waals surface area contributed by atoms with Gasteiger partial charge in [-0.2, -0.15) is 0 Å². The van der Waals surface area contributed by atoms with Gasteiger partial charge in [0.2, 0.25) is 0 Å². The Hall–Kier alpha value is -1.63. The average molecular weight is 443 g/mol. The van der Waals surface area contributed by atoms with Crippen molar-refractivity contribution in [3.63, 3.8) is 0 Å². The summed E-state index contributed by atoms with van der Waals surface area (Å²) in [5.41, 5.74) is 0.967. The molecule has 1 fully saturated rings. The predicted octanol–water partition coefficient (Wildman–Crippen LogP) is 4.64. The lowest BCUT2D eigenvalue weighted by molar-refractivity contribution is 0.0794. The molecule has 1 aromatic heterocycles. The van der Waals surface area contributed by atoms with Gasteiger partial charge in [-0.15, -0.1) is 0 Å². The number of amides is 2. The number of carbonyl (C=O) groups excluding carboxylic acids is 2. The highest BCUT2D eigenvalue weighted by Crippen LogP contribution is 2.26. The van der Waals surface area contributed by atoms with Crippen molar-refractivity contribution in [2.45, 2.75) is 12.8 Å². The zero-order chi connectivity index (χ0) is 18.0. The lowest BCUT2D eigenvalue weighted by Gasteiger charge is -2.18. The molecular weight excluding hydrogens is 429 g/mol. The smallest absolute Gasteiger partial charge is 0.258 e. The SMILES string of the molecule is O=C(Nc1ccc(Cl)cc1C(=O)N1CCCC1)c1cc(Br)cnc1Cl. The zero-order valence-electron chi connectivity index (χ0n) is 13.1. The van der Waals surface area contributed by atoms with Gasteiger partial charge in [0.1, 0.15) is 5.15 Å². The summed E-state index contributed by atoms with van der Waals surface area (Å²) in [5, 5.41) is 3.25. The predicted molar refractivity (Wildman–Crippen MR) is 101 cm³/mol. The van der Waals surface area contributed by atoms with Crippen molar-refractivity contribution in [2.75, 3.05) is 18.4 Å². The molecule has 2 amide bonds. The molecule has 0 saturated carbocycles. The first-order chi connectivity index (χ1) is 12.0. The molecule has 25 heavy (non-hydrogen) atoms. The van der Waals surface area contributed by atoms with Crippen LogP contribution in [0.2, 0.25) is 10.2 Å². The second-order valence-electron chi connectivity index (χ2n) is 5.64. The summed E-state index contributed by atoms with van der Waals surface area (Å²) >= 11 is 15.3. The highest BCUT2D eigenvalue weighted by Gasteiger charge is 2.23. The largest absolute Gasteiger partial charge is 0.339 e. The zero-order valence-corrected chi connectivity index (χ0v) is 16.2. The summed E-state index contributed by atoms with van der Waals surface area (Å²) < 4.78 is 0.631. The van der Waals surface area contributed by atoms with Crippen LogP contribution in [0.15, 0.2) is 34.9 Å². The van der Waals surface area contributed by atoms with Gasteiger partial charge in [0, 0.05) is 28.8 Å². The standard InChI is InChI=1S/C17H14BrCl2N3O2/c18-10-7-13(15(20)21-9-10)16(24)22-14-4-3-11(19)8-12(14)17(25)23-5-1-2-6-23/h3-4,7-9H,1-2,5-6H2,(H,22,24). The summed E-state index contributed by atoms with van der Waals surface area (Å²) in [6.07, 6.45) is 3.46. The van der Waals surface area contributed by atoms with Crippen LogP contribution in [0.4, 0.5) is 5.69 Å². The van der Waals surface area contributed by atoms with Crippen molar-refractivity contribution in [1.29, 1.82) is 0 Å². The number of rotatable bonds is 3. The van der Waals surface area contributed by atoms with Crippen molar-refractivity contribution in [1.82, 2.24) is 9.88 Å². The molecular formula is C17H14BrCl2N3O2. The maximum Gasteiger partial charge on any atom is 0.258 e. The quantitative estimate of drug-likeness (QED) is 0.704. The van der Waals surface area contributed by atoms with E-state index < -0.39 is 5.91 Å². The normalized spacial score (nSPS) is 13.8. The number of carbonyl (C=O) groups is 2. The minimum atomic E-state index is -0.448. The first kappa shape index (κ1) is 18.2. The van der Waals surface area contributed by atoms with Crippen molar-refractivity contribution >= 4 is 56.6 Å². The Kier molecular flexibility index (Phi) is 5.61. The lowest BCUT2D eigenvalue weighted by Crippen LogP contribution is -2.29. The fourth-order valence-corrected chi connectivity index (χ4v) is 3.36. The van der Waals surface area contributed by atoms with E-state index in [-0.39, 0.29) is 16.6 Å². The van der Waals surface area contributed by atoms with E-state index in [1.807, 2.05) is 0 Å². The van der Waals surface area contributed by atoms with E-state index in [9.17, 15) is 9.59 Å². The molecule has 0 spiro atoms. The van der Waals surface area contributed by atoms with Crippen LogP contribution < -0.4 is 5.32 Å². The number of nitrogens with zero attached hydrogens (tertiary/aromatic N) is 2. The van der Waals surface area contributed by atoms with Crippen LogP contribution in [-0.2, 0) is 0 Å². The molecule has 0 atom stereocenters. The Morgan fingerprint density at radius 1 is 1.12 bits per heavy atom. The second-order valence-corrected chi connectivity index (χ2v) is 7.35. The number of benzene rings is 1. The fourth-order valence-electron chi connectivity index (χ4n) is 2.66. The molecule has 1 saturated heterocycles. The summed E-state index contributed by atoms with van der Waals surface area (Å²) in [7, 11) is 0. The number of nitrogens with one attached hydrogen (secondary N) is 1. The monoisotopic (exact) mass is 441 g/mol. The van der Waals surface area contributed by atoms with Crippen LogP contribution in [0.3, 0.4) is 0 Å². The Balaban J connectivity index is 1.90. The van der Waals surface area contributed by atoms with Crippen LogP contribution >= 0.6 is 39.1 Å². The third-order valence-electron chi connectivity index (χ3n) is 3.90. The Bertz CT molecular complexity index is 839. The summed E-state index contributed by atoms with van der Waals surface area (Å²) in [6.45, 7) is 1.42. The summed E-state index contributed by atoms with van der Waals surface area (Å²) in [5.74, 6) is -0.592. The van der Waals surface area contributed by atoms with Gasteiger partial charge in [0.25, 0.3) is 11.8 Å². The molecule has 2 aromatic rings. The minimum absolute atomic E-state index is 0.0853. The van der Waals surface area contributed by atoms with E-state index in [4.69, 9.17) is 23.2 Å². The van der Waals surface area contributed by atoms with Crippen LogP contribution in [0.25, 0.3) is 0 Å². The molecule has 1 aliphatic heterocycles. The van der Waals surface area contributed by atoms with Crippen LogP contribution in [0.5, 0.6) is 0 Å². The van der Waals surface area contributed by atoms with Crippen LogP contribution in [0.1, 0.15) is 33.6 Å². The van der Waals surface area contributed by atoms with E-state index in [0.717, 1.165) is 12.8 Å². The molecule has 8 heteroatoms. The van der Waals surface area contributed by atoms with Gasteiger partial charge in [0.05, 0.1) is 16.8 Å². The topological polar surface area (TPSA) is 62.3 Å². The van der Waals surface area contributed by atoms with Gasteiger partial charge in [-0.05, 0) is 53.0 Å². The number of hydrogen-bond acceptors (Lipinski definition) is 3. The van der Waals surface area contributed by atoms with Gasteiger partial charge in [-0.25, -0.2) is 4.98 Å². The first-order valence-corrected chi connectivity index (χ1v) is 9.22. The van der Waals surface area contributed by atoms with Crippen molar-refractivity contribution in [2.24, 2.45) is 0 Å². The number of hydrogen-bond donors (Lipinski definition) is 1. The van der Waals surface area contributed by atoms with Gasteiger partial charge < -0.3 is 10.2 Å². The molecule has 2 heterocycles. The summed E-state index contributed by atoms with van der Waals surface area (Å²) in [6, 6.07) is 6.38. The van der Waals surface area contributed by atoms with Gasteiger partial charge in [0.15, 0.2) is 0 Å². The average Bonchev–Trinajstić information content (AvgIpc) is 3.12. The molecule has 1 N–H and O–H groups in total. The highest BCUT2D eigenvalue weighted by atomic mass is 79.9. The molecule has 5 nitrogen and oxygen atoms in total. The van der Waals surface area contributed by atoms with Gasteiger partial charge in [-0.1, -0.05) is 23.2 Å². The lowest BCUT2D eigenvalue weighted by atomic mass is 10.1. The minimum Gasteiger partial charge on any atom is -0.339 e. The van der Waals surface area contributed by atoms with E-state index in [1.165, 1.54) is 6.20 Å². The van der Waals surface area contributed by atoms with Gasteiger partial charge >= 0.3 is 0 Å². The fraction of sp³-hybridized carbons (Fsp3) is 0.235. The molecule has 0 aliphatic carbocycles. The molecule has 0 bridgehead atoms. The Morgan fingerprint density at radius 3 is 2.56 bits per heavy atom. The molecule has 3 rings (SSSR count). The number of anilines is 1.